The van der Waals surface area contributed by atoms with Crippen LogP contribution in [0.1, 0.15) is 38.2 Å². The molecule has 0 amide bonds. The summed E-state index contributed by atoms with van der Waals surface area (Å²) in [5, 5.41) is 0. The first kappa shape index (κ1) is 17.4. The first-order valence-corrected chi connectivity index (χ1v) is 8.75. The van der Waals surface area contributed by atoms with Gasteiger partial charge in [0.2, 0.25) is 0 Å². The molecule has 0 radical (unpaired) electrons. The van der Waals surface area contributed by atoms with Crippen LogP contribution < -0.4 is 0 Å². The standard InChI is InChI=1S/C15H25P.HI/c1-4-5-7-12-15(16(2)3)13-14-10-8-6-9-11-14;/h6,8-11,15H,4-5,7,12-13H2,1-3H3;1H. The van der Waals surface area contributed by atoms with E-state index in [-0.39, 0.29) is 31.9 Å². The third kappa shape index (κ3) is 7.41. The lowest BCUT2D eigenvalue weighted by atomic mass is 10.1. The second kappa shape index (κ2) is 10.3. The number of unbranched alkanes of at least 4 members (excludes halogenated alkanes) is 2. The lowest BCUT2D eigenvalue weighted by molar-refractivity contribution is 0.638. The zero-order valence-electron chi connectivity index (χ0n) is 11.4. The van der Waals surface area contributed by atoms with Gasteiger partial charge in [-0.1, -0.05) is 56.5 Å². The van der Waals surface area contributed by atoms with Crippen molar-refractivity contribution in [2.75, 3.05) is 13.3 Å². The Bertz CT molecular complexity index is 272. The van der Waals surface area contributed by atoms with Crippen LogP contribution in [0.3, 0.4) is 0 Å². The van der Waals surface area contributed by atoms with Crippen LogP contribution in [0.4, 0.5) is 0 Å². The maximum absolute atomic E-state index is 2.43. The molecule has 0 nitrogen and oxygen atoms in total. The Morgan fingerprint density at radius 1 is 1.06 bits per heavy atom. The number of halogens is 1. The van der Waals surface area contributed by atoms with Crippen molar-refractivity contribution in [2.24, 2.45) is 0 Å². The highest BCUT2D eigenvalue weighted by Gasteiger charge is 2.12. The van der Waals surface area contributed by atoms with Crippen LogP contribution in [0, 0.1) is 0 Å². The molecule has 0 aromatic heterocycles. The molecule has 1 atom stereocenters. The van der Waals surface area contributed by atoms with Gasteiger partial charge in [0.1, 0.15) is 0 Å². The Kier molecular flexibility index (Phi) is 10.5. The lowest BCUT2D eigenvalue weighted by Crippen LogP contribution is -2.08. The van der Waals surface area contributed by atoms with Gasteiger partial charge >= 0.3 is 0 Å². The van der Waals surface area contributed by atoms with Crippen molar-refractivity contribution >= 4 is 31.9 Å². The quantitative estimate of drug-likeness (QED) is 0.339. The predicted octanol–water partition coefficient (Wildman–Crippen LogP) is 5.54. The summed E-state index contributed by atoms with van der Waals surface area (Å²) in [6.45, 7) is 7.14. The number of hydrogen-bond acceptors (Lipinski definition) is 0. The van der Waals surface area contributed by atoms with E-state index in [2.05, 4.69) is 50.6 Å². The molecule has 0 aliphatic rings. The second-order valence-electron chi connectivity index (χ2n) is 4.80. The monoisotopic (exact) mass is 364 g/mol. The molecule has 1 unspecified atom stereocenters. The maximum atomic E-state index is 2.43. The summed E-state index contributed by atoms with van der Waals surface area (Å²) in [5.74, 6) is 0. The molecule has 0 saturated heterocycles. The minimum atomic E-state index is 0. The van der Waals surface area contributed by atoms with E-state index in [1.165, 1.54) is 37.7 Å². The van der Waals surface area contributed by atoms with Gasteiger partial charge in [-0.15, -0.1) is 31.9 Å². The highest BCUT2D eigenvalue weighted by Crippen LogP contribution is 2.37. The van der Waals surface area contributed by atoms with E-state index in [0.29, 0.717) is 0 Å². The van der Waals surface area contributed by atoms with E-state index in [1.54, 1.807) is 0 Å². The van der Waals surface area contributed by atoms with Gasteiger partial charge in [-0.05, 0) is 37.4 Å². The molecular weight excluding hydrogens is 338 g/mol. The molecule has 0 aliphatic heterocycles. The largest absolute Gasteiger partial charge is 0.110 e. The zero-order valence-corrected chi connectivity index (χ0v) is 14.6. The van der Waals surface area contributed by atoms with Gasteiger partial charge in [0.25, 0.3) is 0 Å². The van der Waals surface area contributed by atoms with Crippen LogP contribution in [0.25, 0.3) is 0 Å². The Hall–Kier alpha value is 0.380. The van der Waals surface area contributed by atoms with Crippen LogP contribution in [0.5, 0.6) is 0 Å². The molecule has 98 valence electrons. The topological polar surface area (TPSA) is 0 Å². The minimum absolute atomic E-state index is 0. The molecule has 2 heteroatoms. The fourth-order valence-corrected chi connectivity index (χ4v) is 3.33. The smallest absolute Gasteiger partial charge is 0.0174 e. The average Bonchev–Trinajstić information content (AvgIpc) is 2.29. The van der Waals surface area contributed by atoms with E-state index in [0.717, 1.165) is 5.66 Å². The number of benzene rings is 1. The molecule has 0 spiro atoms. The highest BCUT2D eigenvalue weighted by atomic mass is 127. The third-order valence-electron chi connectivity index (χ3n) is 3.19. The van der Waals surface area contributed by atoms with Crippen LogP contribution in [-0.2, 0) is 6.42 Å². The SMILES string of the molecule is CCCCCC(Cc1ccccc1)P(C)C.I. The fraction of sp³-hybridized carbons (Fsp3) is 0.600. The molecule has 0 N–H and O–H groups in total. The molecular formula is C15H26IP. The predicted molar refractivity (Wildman–Crippen MR) is 92.3 cm³/mol. The van der Waals surface area contributed by atoms with Gasteiger partial charge < -0.3 is 0 Å². The van der Waals surface area contributed by atoms with E-state index in [9.17, 15) is 0 Å². The summed E-state index contributed by atoms with van der Waals surface area (Å²) in [6.07, 6.45) is 6.84. The lowest BCUT2D eigenvalue weighted by Gasteiger charge is -2.21. The van der Waals surface area contributed by atoms with Crippen molar-refractivity contribution in [3.8, 4) is 0 Å². The average molecular weight is 364 g/mol. The summed E-state index contributed by atoms with van der Waals surface area (Å²) >= 11 is 0. The van der Waals surface area contributed by atoms with Crippen molar-refractivity contribution in [2.45, 2.75) is 44.7 Å². The summed E-state index contributed by atoms with van der Waals surface area (Å²) in [6, 6.07) is 11.0. The molecule has 0 bridgehead atoms. The Morgan fingerprint density at radius 3 is 2.24 bits per heavy atom. The van der Waals surface area contributed by atoms with Crippen molar-refractivity contribution in [1.29, 1.82) is 0 Å². The van der Waals surface area contributed by atoms with Crippen LogP contribution in [-0.4, -0.2) is 19.0 Å². The molecule has 0 saturated carbocycles. The van der Waals surface area contributed by atoms with Gasteiger partial charge in [0.05, 0.1) is 0 Å². The van der Waals surface area contributed by atoms with E-state index in [4.69, 9.17) is 0 Å². The van der Waals surface area contributed by atoms with E-state index in [1.807, 2.05) is 0 Å². The van der Waals surface area contributed by atoms with Gasteiger partial charge in [-0.2, -0.15) is 0 Å². The zero-order chi connectivity index (χ0) is 11.8. The van der Waals surface area contributed by atoms with Crippen molar-refractivity contribution in [3.05, 3.63) is 35.9 Å². The third-order valence-corrected chi connectivity index (χ3v) is 5.09. The number of rotatable bonds is 7. The van der Waals surface area contributed by atoms with Crippen LogP contribution in [0.15, 0.2) is 30.3 Å². The summed E-state index contributed by atoms with van der Waals surface area (Å²) < 4.78 is 0. The van der Waals surface area contributed by atoms with Crippen LogP contribution >= 0.6 is 31.9 Å². The van der Waals surface area contributed by atoms with Crippen molar-refractivity contribution in [3.63, 3.8) is 0 Å². The molecule has 0 heterocycles. The van der Waals surface area contributed by atoms with E-state index >= 15 is 0 Å². The minimum Gasteiger partial charge on any atom is -0.110 e. The van der Waals surface area contributed by atoms with Crippen molar-refractivity contribution in [1.82, 2.24) is 0 Å². The van der Waals surface area contributed by atoms with Gasteiger partial charge in [0.15, 0.2) is 0 Å². The molecule has 0 fully saturated rings. The summed E-state index contributed by atoms with van der Waals surface area (Å²) in [7, 11) is 0.196. The molecule has 0 aliphatic carbocycles. The molecule has 1 aromatic carbocycles. The first-order chi connectivity index (χ1) is 7.74. The Morgan fingerprint density at radius 2 is 1.71 bits per heavy atom. The molecule has 17 heavy (non-hydrogen) atoms. The molecule has 1 rings (SSSR count). The van der Waals surface area contributed by atoms with Gasteiger partial charge in [-0.3, -0.25) is 0 Å². The number of hydrogen-bond donors (Lipinski definition) is 0. The normalized spacial score (nSPS) is 12.2. The Balaban J connectivity index is 0.00000256. The molecule has 1 aromatic rings. The van der Waals surface area contributed by atoms with Gasteiger partial charge in [-0.25, -0.2) is 0 Å². The van der Waals surface area contributed by atoms with Crippen molar-refractivity contribution < 1.29 is 0 Å². The summed E-state index contributed by atoms with van der Waals surface area (Å²) in [4.78, 5) is 0. The highest BCUT2D eigenvalue weighted by molar-refractivity contribution is 14.0. The van der Waals surface area contributed by atoms with E-state index < -0.39 is 0 Å². The summed E-state index contributed by atoms with van der Waals surface area (Å²) in [5.41, 5.74) is 2.43. The van der Waals surface area contributed by atoms with Gasteiger partial charge in [0, 0.05) is 0 Å². The second-order valence-corrected chi connectivity index (χ2v) is 7.46. The van der Waals surface area contributed by atoms with Crippen LogP contribution in [0.2, 0.25) is 0 Å². The Labute approximate surface area is 125 Å². The maximum Gasteiger partial charge on any atom is -0.0174 e. The fourth-order valence-electron chi connectivity index (χ4n) is 2.06. The first-order valence-electron chi connectivity index (χ1n) is 6.44.